The molecule has 0 spiro atoms. The summed E-state index contributed by atoms with van der Waals surface area (Å²) < 4.78 is 26.1. The van der Waals surface area contributed by atoms with Crippen molar-refractivity contribution < 1.29 is 8.60 Å². The monoisotopic (exact) mass is 297 g/mol. The Bertz CT molecular complexity index is 466. The Labute approximate surface area is 123 Å². The summed E-state index contributed by atoms with van der Waals surface area (Å²) >= 11 is 0. The molecule has 4 unspecified atom stereocenters. The van der Waals surface area contributed by atoms with Crippen LogP contribution in [0.15, 0.2) is 29.2 Å². The zero-order valence-electron chi connectivity index (χ0n) is 12.1. The Balaban J connectivity index is 2.15. The second kappa shape index (κ2) is 7.32. The Morgan fingerprint density at radius 1 is 1.40 bits per heavy atom. The van der Waals surface area contributed by atoms with Crippen LogP contribution in [0.2, 0.25) is 0 Å². The first-order valence-corrected chi connectivity index (χ1v) is 8.73. The number of halogens is 1. The first-order valence-electron chi connectivity index (χ1n) is 7.52. The van der Waals surface area contributed by atoms with E-state index in [-0.39, 0.29) is 11.1 Å². The largest absolute Gasteiger partial charge is 0.330 e. The molecule has 0 radical (unpaired) electrons. The van der Waals surface area contributed by atoms with Gasteiger partial charge in [-0.2, -0.15) is 0 Å². The second-order valence-electron chi connectivity index (χ2n) is 5.76. The molecule has 1 fully saturated rings. The topological polar surface area (TPSA) is 43.1 Å². The maximum atomic E-state index is 13.3. The van der Waals surface area contributed by atoms with Crippen LogP contribution >= 0.6 is 0 Å². The summed E-state index contributed by atoms with van der Waals surface area (Å²) in [7, 11) is -1.15. The molecular formula is C16H24FNOS. The van der Waals surface area contributed by atoms with E-state index < -0.39 is 10.8 Å². The van der Waals surface area contributed by atoms with Gasteiger partial charge in [-0.05, 0) is 49.4 Å². The zero-order chi connectivity index (χ0) is 14.5. The molecule has 2 rings (SSSR count). The van der Waals surface area contributed by atoms with Crippen LogP contribution in [-0.4, -0.2) is 16.0 Å². The van der Waals surface area contributed by atoms with E-state index in [0.29, 0.717) is 23.3 Å². The number of nitrogens with two attached hydrogens (primary N) is 1. The van der Waals surface area contributed by atoms with E-state index >= 15 is 0 Å². The average molecular weight is 297 g/mol. The minimum absolute atomic E-state index is 0.0760. The van der Waals surface area contributed by atoms with E-state index in [1.165, 1.54) is 25.0 Å². The van der Waals surface area contributed by atoms with Gasteiger partial charge < -0.3 is 5.73 Å². The van der Waals surface area contributed by atoms with Crippen LogP contribution in [0.25, 0.3) is 0 Å². The predicted octanol–water partition coefficient (Wildman–Crippen LogP) is 3.48. The Kier molecular flexibility index (Phi) is 5.73. The molecule has 4 atom stereocenters. The van der Waals surface area contributed by atoms with E-state index in [0.717, 1.165) is 19.3 Å². The van der Waals surface area contributed by atoms with Gasteiger partial charge in [0.25, 0.3) is 0 Å². The third-order valence-electron chi connectivity index (χ3n) is 4.34. The van der Waals surface area contributed by atoms with Crippen LogP contribution < -0.4 is 5.73 Å². The molecule has 0 aliphatic heterocycles. The molecule has 1 aromatic carbocycles. The number of hydrogen-bond acceptors (Lipinski definition) is 2. The highest BCUT2D eigenvalue weighted by Crippen LogP contribution is 2.36. The fourth-order valence-electron chi connectivity index (χ4n) is 3.24. The van der Waals surface area contributed by atoms with Gasteiger partial charge >= 0.3 is 0 Å². The molecule has 0 heterocycles. The molecule has 1 saturated carbocycles. The number of benzene rings is 1. The molecular weight excluding hydrogens is 273 g/mol. The van der Waals surface area contributed by atoms with Gasteiger partial charge in [-0.15, -0.1) is 0 Å². The van der Waals surface area contributed by atoms with Crippen molar-refractivity contribution in [2.24, 2.45) is 17.6 Å². The first kappa shape index (κ1) is 15.6. The van der Waals surface area contributed by atoms with Gasteiger partial charge in [0.05, 0.1) is 10.8 Å². The van der Waals surface area contributed by atoms with Crippen LogP contribution in [0, 0.1) is 17.7 Å². The summed E-state index contributed by atoms with van der Waals surface area (Å²) in [6, 6.07) is 6.18. The maximum Gasteiger partial charge on any atom is 0.124 e. The predicted molar refractivity (Wildman–Crippen MR) is 81.4 cm³/mol. The van der Waals surface area contributed by atoms with Crippen molar-refractivity contribution in [2.45, 2.75) is 49.2 Å². The smallest absolute Gasteiger partial charge is 0.124 e. The molecule has 1 aliphatic carbocycles. The quantitative estimate of drug-likeness (QED) is 0.904. The van der Waals surface area contributed by atoms with Crippen molar-refractivity contribution >= 4 is 10.8 Å². The molecule has 1 aliphatic rings. The van der Waals surface area contributed by atoms with E-state index in [1.54, 1.807) is 12.1 Å². The molecule has 4 heteroatoms. The normalized spacial score (nSPS) is 28.2. The van der Waals surface area contributed by atoms with E-state index in [2.05, 4.69) is 6.92 Å². The fourth-order valence-corrected chi connectivity index (χ4v) is 5.08. The molecule has 0 bridgehead atoms. The van der Waals surface area contributed by atoms with Crippen LogP contribution in [0.4, 0.5) is 4.39 Å². The maximum absolute atomic E-state index is 13.3. The Hall–Kier alpha value is -0.740. The van der Waals surface area contributed by atoms with Gasteiger partial charge in [0.1, 0.15) is 5.82 Å². The standard InChI is InChI=1S/C16H24FNOS/c1-2-4-12-7-8-13(11-18)16(9-12)20(19)15-6-3-5-14(17)10-15/h3,5-6,10,12-13,16H,2,4,7-9,11,18H2,1H3. The van der Waals surface area contributed by atoms with Crippen molar-refractivity contribution in [3.63, 3.8) is 0 Å². The van der Waals surface area contributed by atoms with Gasteiger partial charge in [-0.1, -0.05) is 32.3 Å². The average Bonchev–Trinajstić information content (AvgIpc) is 2.47. The molecule has 20 heavy (non-hydrogen) atoms. The molecule has 0 aromatic heterocycles. The summed E-state index contributed by atoms with van der Waals surface area (Å²) in [6.07, 6.45) is 5.55. The highest BCUT2D eigenvalue weighted by Gasteiger charge is 2.33. The van der Waals surface area contributed by atoms with Gasteiger partial charge in [-0.3, -0.25) is 4.21 Å². The lowest BCUT2D eigenvalue weighted by Gasteiger charge is -2.35. The third-order valence-corrected chi connectivity index (χ3v) is 6.19. The molecule has 0 saturated heterocycles. The summed E-state index contributed by atoms with van der Waals surface area (Å²) in [6.45, 7) is 2.76. The van der Waals surface area contributed by atoms with Crippen LogP contribution in [-0.2, 0) is 10.8 Å². The van der Waals surface area contributed by atoms with Gasteiger partial charge in [0.15, 0.2) is 0 Å². The Morgan fingerprint density at radius 3 is 2.85 bits per heavy atom. The Morgan fingerprint density at radius 2 is 2.20 bits per heavy atom. The summed E-state index contributed by atoms with van der Waals surface area (Å²) in [5, 5.41) is 0.0760. The van der Waals surface area contributed by atoms with E-state index in [1.807, 2.05) is 0 Å². The first-order chi connectivity index (χ1) is 9.65. The lowest BCUT2D eigenvalue weighted by molar-refractivity contribution is 0.272. The van der Waals surface area contributed by atoms with Gasteiger partial charge in [-0.25, -0.2) is 4.39 Å². The molecule has 2 nitrogen and oxygen atoms in total. The van der Waals surface area contributed by atoms with Crippen molar-refractivity contribution in [1.82, 2.24) is 0 Å². The summed E-state index contributed by atoms with van der Waals surface area (Å²) in [5.74, 6) is 0.624. The van der Waals surface area contributed by atoms with E-state index in [4.69, 9.17) is 5.73 Å². The highest BCUT2D eigenvalue weighted by atomic mass is 32.2. The van der Waals surface area contributed by atoms with Crippen molar-refractivity contribution in [1.29, 1.82) is 0 Å². The van der Waals surface area contributed by atoms with Gasteiger partial charge in [0, 0.05) is 10.1 Å². The minimum Gasteiger partial charge on any atom is -0.330 e. The van der Waals surface area contributed by atoms with Crippen molar-refractivity contribution in [2.75, 3.05) is 6.54 Å². The van der Waals surface area contributed by atoms with Crippen molar-refractivity contribution in [3.8, 4) is 0 Å². The number of hydrogen-bond donors (Lipinski definition) is 1. The van der Waals surface area contributed by atoms with Crippen LogP contribution in [0.1, 0.15) is 39.0 Å². The third kappa shape index (κ3) is 3.67. The summed E-state index contributed by atoms with van der Waals surface area (Å²) in [5.41, 5.74) is 5.85. The minimum atomic E-state index is -1.15. The van der Waals surface area contributed by atoms with Crippen LogP contribution in [0.3, 0.4) is 0 Å². The summed E-state index contributed by atoms with van der Waals surface area (Å²) in [4.78, 5) is 0.602. The lowest BCUT2D eigenvalue weighted by Crippen LogP contribution is -2.37. The molecule has 2 N–H and O–H groups in total. The van der Waals surface area contributed by atoms with Gasteiger partial charge in [0.2, 0.25) is 0 Å². The lowest BCUT2D eigenvalue weighted by atomic mass is 9.80. The second-order valence-corrected chi connectivity index (χ2v) is 7.43. The molecule has 1 aromatic rings. The van der Waals surface area contributed by atoms with Crippen molar-refractivity contribution in [3.05, 3.63) is 30.1 Å². The number of rotatable bonds is 5. The fraction of sp³-hybridized carbons (Fsp3) is 0.625. The van der Waals surface area contributed by atoms with E-state index in [9.17, 15) is 8.60 Å². The molecule has 112 valence electrons. The SMILES string of the molecule is CCCC1CCC(CN)C(S(=O)c2cccc(F)c2)C1. The zero-order valence-corrected chi connectivity index (χ0v) is 12.9. The van der Waals surface area contributed by atoms with Crippen LogP contribution in [0.5, 0.6) is 0 Å². The highest BCUT2D eigenvalue weighted by molar-refractivity contribution is 7.85. The molecule has 0 amide bonds.